The van der Waals surface area contributed by atoms with Crippen LogP contribution >= 0.6 is 0 Å². The van der Waals surface area contributed by atoms with Gasteiger partial charge in [-0.25, -0.2) is 4.98 Å². The molecule has 1 saturated carbocycles. The Bertz CT molecular complexity index is 584. The number of benzene rings is 1. The number of hydrogen-bond donors (Lipinski definition) is 1. The summed E-state index contributed by atoms with van der Waals surface area (Å²) in [5, 5.41) is 3.14. The van der Waals surface area contributed by atoms with Gasteiger partial charge in [-0.05, 0) is 38.1 Å². The van der Waals surface area contributed by atoms with Crippen molar-refractivity contribution in [2.24, 2.45) is 5.41 Å². The zero-order chi connectivity index (χ0) is 12.6. The van der Waals surface area contributed by atoms with Crippen LogP contribution in [0.15, 0.2) is 29.0 Å². The molecule has 4 nitrogen and oxygen atoms in total. The van der Waals surface area contributed by atoms with E-state index in [1.54, 1.807) is 6.07 Å². The molecular formula is C14H16N2O2. The van der Waals surface area contributed by atoms with Gasteiger partial charge in [-0.3, -0.25) is 4.79 Å². The van der Waals surface area contributed by atoms with E-state index in [-0.39, 0.29) is 11.2 Å². The van der Waals surface area contributed by atoms with Crippen LogP contribution in [0.5, 0.6) is 0 Å². The second-order valence-electron chi connectivity index (χ2n) is 5.03. The second-order valence-corrected chi connectivity index (χ2v) is 5.03. The second kappa shape index (κ2) is 4.21. The molecule has 0 saturated heterocycles. The number of nitrogens with one attached hydrogen (secondary N) is 1. The maximum Gasteiger partial charge on any atom is 0.181 e. The molecule has 0 spiro atoms. The Morgan fingerprint density at radius 2 is 2.33 bits per heavy atom. The van der Waals surface area contributed by atoms with Crippen LogP contribution in [0.25, 0.3) is 11.1 Å². The Balaban J connectivity index is 1.95. The normalized spacial score (nSPS) is 17.6. The standard InChI is InChI=1S/C14H16N2O2/c1-15-8-14(5-2-6-14)13(17)10-3-4-11-12(7-10)18-9-16-11/h3-4,7,9,15H,2,5-6,8H2,1H3. The van der Waals surface area contributed by atoms with E-state index in [2.05, 4.69) is 10.3 Å². The fourth-order valence-electron chi connectivity index (χ4n) is 2.73. The number of carbonyl (C=O) groups is 1. The number of oxazole rings is 1. The molecule has 1 heterocycles. The fourth-order valence-corrected chi connectivity index (χ4v) is 2.73. The van der Waals surface area contributed by atoms with E-state index >= 15 is 0 Å². The first-order valence-corrected chi connectivity index (χ1v) is 6.28. The third kappa shape index (κ3) is 1.64. The van der Waals surface area contributed by atoms with Crippen molar-refractivity contribution in [3.8, 4) is 0 Å². The van der Waals surface area contributed by atoms with Crippen molar-refractivity contribution < 1.29 is 9.21 Å². The highest BCUT2D eigenvalue weighted by molar-refractivity contribution is 6.03. The summed E-state index contributed by atoms with van der Waals surface area (Å²) in [6.45, 7) is 0.750. The van der Waals surface area contributed by atoms with Gasteiger partial charge in [0.15, 0.2) is 17.8 Å². The topological polar surface area (TPSA) is 55.1 Å². The molecule has 2 aromatic rings. The average Bonchev–Trinajstić information content (AvgIpc) is 2.80. The van der Waals surface area contributed by atoms with Crippen LogP contribution in [-0.4, -0.2) is 24.4 Å². The van der Waals surface area contributed by atoms with Crippen LogP contribution in [0.2, 0.25) is 0 Å². The molecule has 3 rings (SSSR count). The summed E-state index contributed by atoms with van der Waals surface area (Å²) in [6.07, 6.45) is 4.49. The van der Waals surface area contributed by atoms with Gasteiger partial charge in [0, 0.05) is 17.5 Å². The van der Waals surface area contributed by atoms with Gasteiger partial charge in [0.2, 0.25) is 0 Å². The average molecular weight is 244 g/mol. The van der Waals surface area contributed by atoms with E-state index in [4.69, 9.17) is 4.42 Å². The number of rotatable bonds is 4. The van der Waals surface area contributed by atoms with Crippen LogP contribution in [0.1, 0.15) is 29.6 Å². The lowest BCUT2D eigenvalue weighted by Gasteiger charge is -2.40. The van der Waals surface area contributed by atoms with E-state index in [1.807, 2.05) is 19.2 Å². The number of Topliss-reactive ketones (excluding diaryl/α,β-unsaturated/α-hetero) is 1. The third-order valence-corrected chi connectivity index (χ3v) is 3.90. The highest BCUT2D eigenvalue weighted by Gasteiger charge is 2.43. The molecule has 1 aromatic carbocycles. The third-order valence-electron chi connectivity index (χ3n) is 3.90. The molecule has 4 heteroatoms. The van der Waals surface area contributed by atoms with E-state index in [1.165, 1.54) is 6.39 Å². The lowest BCUT2D eigenvalue weighted by Crippen LogP contribution is -2.45. The number of ketones is 1. The van der Waals surface area contributed by atoms with Crippen LogP contribution in [0.4, 0.5) is 0 Å². The minimum absolute atomic E-state index is 0.206. The predicted molar refractivity (Wildman–Crippen MR) is 68.6 cm³/mol. The molecule has 0 aliphatic heterocycles. The van der Waals surface area contributed by atoms with Crippen LogP contribution in [0.3, 0.4) is 0 Å². The SMILES string of the molecule is CNCC1(C(=O)c2ccc3ncoc3c2)CCC1. The molecule has 1 aliphatic carbocycles. The molecule has 0 atom stereocenters. The molecule has 0 unspecified atom stereocenters. The van der Waals surface area contributed by atoms with Crippen molar-refractivity contribution in [1.29, 1.82) is 0 Å². The quantitative estimate of drug-likeness (QED) is 0.839. The fraction of sp³-hybridized carbons (Fsp3) is 0.429. The number of aromatic nitrogens is 1. The van der Waals surface area contributed by atoms with Gasteiger partial charge < -0.3 is 9.73 Å². The van der Waals surface area contributed by atoms with Gasteiger partial charge in [-0.2, -0.15) is 0 Å². The molecule has 0 radical (unpaired) electrons. The van der Waals surface area contributed by atoms with E-state index < -0.39 is 0 Å². The summed E-state index contributed by atoms with van der Waals surface area (Å²) in [6, 6.07) is 5.50. The molecule has 1 aliphatic rings. The summed E-state index contributed by atoms with van der Waals surface area (Å²) < 4.78 is 5.25. The first-order chi connectivity index (χ1) is 8.75. The summed E-state index contributed by atoms with van der Waals surface area (Å²) in [4.78, 5) is 16.7. The minimum Gasteiger partial charge on any atom is -0.443 e. The number of nitrogens with zero attached hydrogens (tertiary/aromatic N) is 1. The van der Waals surface area contributed by atoms with E-state index in [0.717, 1.165) is 36.9 Å². The van der Waals surface area contributed by atoms with E-state index in [0.29, 0.717) is 5.58 Å². The molecule has 1 aromatic heterocycles. The van der Waals surface area contributed by atoms with Crippen LogP contribution < -0.4 is 5.32 Å². The molecule has 0 bridgehead atoms. The van der Waals surface area contributed by atoms with Crippen molar-refractivity contribution in [3.05, 3.63) is 30.2 Å². The number of fused-ring (bicyclic) bond motifs is 1. The predicted octanol–water partition coefficient (Wildman–Crippen LogP) is 2.40. The zero-order valence-electron chi connectivity index (χ0n) is 10.4. The van der Waals surface area contributed by atoms with Gasteiger partial charge >= 0.3 is 0 Å². The van der Waals surface area contributed by atoms with E-state index in [9.17, 15) is 4.79 Å². The van der Waals surface area contributed by atoms with Gasteiger partial charge in [0.1, 0.15) is 5.52 Å². The number of carbonyl (C=O) groups excluding carboxylic acids is 1. The van der Waals surface area contributed by atoms with Gasteiger partial charge in [-0.1, -0.05) is 6.42 Å². The van der Waals surface area contributed by atoms with Crippen LogP contribution in [0, 0.1) is 5.41 Å². The Kier molecular flexibility index (Phi) is 2.67. The summed E-state index contributed by atoms with van der Waals surface area (Å²) >= 11 is 0. The maximum absolute atomic E-state index is 12.6. The molecular weight excluding hydrogens is 228 g/mol. The summed E-state index contributed by atoms with van der Waals surface area (Å²) in [5.41, 5.74) is 2.00. The Hall–Kier alpha value is -1.68. The van der Waals surface area contributed by atoms with Crippen molar-refractivity contribution in [1.82, 2.24) is 10.3 Å². The lowest BCUT2D eigenvalue weighted by atomic mass is 9.64. The summed E-state index contributed by atoms with van der Waals surface area (Å²) in [5.74, 6) is 0.224. The first kappa shape index (κ1) is 11.4. The van der Waals surface area contributed by atoms with Crippen molar-refractivity contribution in [2.45, 2.75) is 19.3 Å². The summed E-state index contributed by atoms with van der Waals surface area (Å²) in [7, 11) is 1.90. The number of hydrogen-bond acceptors (Lipinski definition) is 4. The van der Waals surface area contributed by atoms with Crippen molar-refractivity contribution in [3.63, 3.8) is 0 Å². The zero-order valence-corrected chi connectivity index (χ0v) is 10.4. The van der Waals surface area contributed by atoms with Crippen molar-refractivity contribution >= 4 is 16.9 Å². The highest BCUT2D eigenvalue weighted by atomic mass is 16.3. The monoisotopic (exact) mass is 244 g/mol. The highest BCUT2D eigenvalue weighted by Crippen LogP contribution is 2.43. The largest absolute Gasteiger partial charge is 0.443 e. The first-order valence-electron chi connectivity index (χ1n) is 6.28. The molecule has 1 N–H and O–H groups in total. The Morgan fingerprint density at radius 1 is 1.50 bits per heavy atom. The maximum atomic E-state index is 12.6. The van der Waals surface area contributed by atoms with Crippen molar-refractivity contribution in [2.75, 3.05) is 13.6 Å². The molecule has 94 valence electrons. The molecule has 0 amide bonds. The molecule has 1 fully saturated rings. The Morgan fingerprint density at radius 3 is 3.00 bits per heavy atom. The van der Waals surface area contributed by atoms with Crippen LogP contribution in [-0.2, 0) is 0 Å². The molecule has 18 heavy (non-hydrogen) atoms. The van der Waals surface area contributed by atoms with Gasteiger partial charge in [0.05, 0.1) is 0 Å². The smallest absolute Gasteiger partial charge is 0.181 e. The Labute approximate surface area is 105 Å². The van der Waals surface area contributed by atoms with Gasteiger partial charge in [0.25, 0.3) is 0 Å². The lowest BCUT2D eigenvalue weighted by molar-refractivity contribution is 0.0614. The van der Waals surface area contributed by atoms with Gasteiger partial charge in [-0.15, -0.1) is 0 Å². The minimum atomic E-state index is -0.206.